The number of aliphatic hydroxyl groups is 2. The van der Waals surface area contributed by atoms with E-state index in [9.17, 15) is 13.5 Å². The van der Waals surface area contributed by atoms with Crippen LogP contribution in [0.2, 0.25) is 0 Å². The summed E-state index contributed by atoms with van der Waals surface area (Å²) in [6, 6.07) is 8.71. The van der Waals surface area contributed by atoms with Crippen molar-refractivity contribution >= 4 is 10.0 Å². The molecule has 1 atom stereocenters. The van der Waals surface area contributed by atoms with E-state index in [2.05, 4.69) is 14.7 Å². The molecule has 0 saturated carbocycles. The summed E-state index contributed by atoms with van der Waals surface area (Å²) in [7, 11) is -2.03. The van der Waals surface area contributed by atoms with E-state index in [1.54, 1.807) is 12.1 Å². The van der Waals surface area contributed by atoms with Gasteiger partial charge in [-0.05, 0) is 37.2 Å². The van der Waals surface area contributed by atoms with Crippen LogP contribution in [0.25, 0.3) is 0 Å². The van der Waals surface area contributed by atoms with Crippen molar-refractivity contribution in [1.82, 2.24) is 19.4 Å². The molecule has 0 fully saturated rings. The Hall–Kier alpha value is -1.78. The summed E-state index contributed by atoms with van der Waals surface area (Å²) >= 11 is 0. The lowest BCUT2D eigenvalue weighted by atomic mass is 10.2. The third kappa shape index (κ3) is 4.13. The monoisotopic (exact) mass is 380 g/mol. The number of benzene rings is 1. The number of nitrogens with zero attached hydrogens (tertiary/aromatic N) is 3. The zero-order valence-corrected chi connectivity index (χ0v) is 15.5. The van der Waals surface area contributed by atoms with Gasteiger partial charge in [-0.15, -0.1) is 0 Å². The zero-order valence-electron chi connectivity index (χ0n) is 14.7. The number of aliphatic hydroxyl groups excluding tert-OH is 2. The van der Waals surface area contributed by atoms with E-state index in [1.165, 1.54) is 7.05 Å². The van der Waals surface area contributed by atoms with Gasteiger partial charge >= 0.3 is 0 Å². The van der Waals surface area contributed by atoms with Crippen LogP contribution in [0.15, 0.2) is 35.2 Å². The van der Waals surface area contributed by atoms with E-state index in [4.69, 9.17) is 5.11 Å². The number of aryl methyl sites for hydroxylation is 1. The molecular formula is C17H24N4O4S. The van der Waals surface area contributed by atoms with Gasteiger partial charge in [0.2, 0.25) is 10.0 Å². The first kappa shape index (κ1) is 19.0. The summed E-state index contributed by atoms with van der Waals surface area (Å²) in [6.45, 7) is 2.70. The van der Waals surface area contributed by atoms with Gasteiger partial charge in [-0.2, -0.15) is 5.10 Å². The number of rotatable bonds is 6. The number of hydrogen-bond acceptors (Lipinski definition) is 6. The Morgan fingerprint density at radius 2 is 2.00 bits per heavy atom. The van der Waals surface area contributed by atoms with Crippen molar-refractivity contribution < 1.29 is 18.6 Å². The van der Waals surface area contributed by atoms with Crippen molar-refractivity contribution in [3.05, 3.63) is 47.3 Å². The number of sulfonamides is 1. The molecule has 26 heavy (non-hydrogen) atoms. The van der Waals surface area contributed by atoms with Gasteiger partial charge in [-0.25, -0.2) is 13.1 Å². The zero-order chi connectivity index (χ0) is 18.7. The van der Waals surface area contributed by atoms with Gasteiger partial charge < -0.3 is 10.2 Å². The second kappa shape index (κ2) is 7.85. The maximum Gasteiger partial charge on any atom is 0.240 e. The van der Waals surface area contributed by atoms with Crippen LogP contribution in [0.1, 0.15) is 29.5 Å². The summed E-state index contributed by atoms with van der Waals surface area (Å²) in [6.07, 6.45) is -0.0280. The Kier molecular flexibility index (Phi) is 5.73. The molecule has 1 aliphatic heterocycles. The molecule has 9 heteroatoms. The molecule has 0 saturated heterocycles. The van der Waals surface area contributed by atoms with E-state index in [0.29, 0.717) is 18.8 Å². The number of nitrogens with one attached hydrogen (secondary N) is 1. The molecule has 0 spiro atoms. The SMILES string of the molecule is CNS(=O)(=O)c1ccc(CN2CCCn3nc([C@@H](O)CO)cc3C2)cc1. The molecular weight excluding hydrogens is 356 g/mol. The fraction of sp³-hybridized carbons (Fsp3) is 0.471. The van der Waals surface area contributed by atoms with E-state index in [1.807, 2.05) is 22.9 Å². The van der Waals surface area contributed by atoms with Crippen molar-refractivity contribution in [1.29, 1.82) is 0 Å². The van der Waals surface area contributed by atoms with Crippen LogP contribution in [0.3, 0.4) is 0 Å². The van der Waals surface area contributed by atoms with Crippen LogP contribution < -0.4 is 4.72 Å². The predicted molar refractivity (Wildman–Crippen MR) is 95.7 cm³/mol. The molecule has 1 aromatic heterocycles. The quantitative estimate of drug-likeness (QED) is 0.662. The molecule has 2 heterocycles. The maximum atomic E-state index is 11.8. The molecule has 1 aliphatic rings. The summed E-state index contributed by atoms with van der Waals surface area (Å²) in [5.74, 6) is 0. The molecule has 2 aromatic rings. The van der Waals surface area contributed by atoms with Crippen LogP contribution in [0.5, 0.6) is 0 Å². The lowest BCUT2D eigenvalue weighted by Crippen LogP contribution is -2.23. The van der Waals surface area contributed by atoms with Gasteiger partial charge in [-0.3, -0.25) is 9.58 Å². The van der Waals surface area contributed by atoms with Crippen molar-refractivity contribution in [2.24, 2.45) is 0 Å². The van der Waals surface area contributed by atoms with E-state index < -0.39 is 16.1 Å². The minimum Gasteiger partial charge on any atom is -0.393 e. The molecule has 8 nitrogen and oxygen atoms in total. The van der Waals surface area contributed by atoms with Crippen LogP contribution in [-0.2, 0) is 29.7 Å². The molecule has 0 amide bonds. The lowest BCUT2D eigenvalue weighted by Gasteiger charge is -2.19. The third-order valence-electron chi connectivity index (χ3n) is 4.53. The minimum atomic E-state index is -3.42. The minimum absolute atomic E-state index is 0.250. The highest BCUT2D eigenvalue weighted by Gasteiger charge is 2.20. The Bertz CT molecular complexity index is 848. The van der Waals surface area contributed by atoms with Gasteiger partial charge in [0.15, 0.2) is 0 Å². The topological polar surface area (TPSA) is 108 Å². The van der Waals surface area contributed by atoms with Crippen molar-refractivity contribution in [3.8, 4) is 0 Å². The normalized spacial score (nSPS) is 16.9. The van der Waals surface area contributed by atoms with E-state index in [-0.39, 0.29) is 11.5 Å². The second-order valence-electron chi connectivity index (χ2n) is 6.40. The molecule has 0 aliphatic carbocycles. The average Bonchev–Trinajstić information content (AvgIpc) is 2.95. The van der Waals surface area contributed by atoms with Crippen molar-refractivity contribution in [2.75, 3.05) is 20.2 Å². The van der Waals surface area contributed by atoms with Gasteiger partial charge in [0.05, 0.1) is 22.9 Å². The van der Waals surface area contributed by atoms with Crippen molar-refractivity contribution in [3.63, 3.8) is 0 Å². The van der Waals surface area contributed by atoms with Crippen LogP contribution in [0, 0.1) is 0 Å². The summed E-state index contributed by atoms with van der Waals surface area (Å²) < 4.78 is 27.8. The fourth-order valence-corrected chi connectivity index (χ4v) is 3.82. The Morgan fingerprint density at radius 3 is 2.65 bits per heavy atom. The highest BCUT2D eigenvalue weighted by atomic mass is 32.2. The second-order valence-corrected chi connectivity index (χ2v) is 8.28. The molecule has 3 N–H and O–H groups in total. The maximum absolute atomic E-state index is 11.8. The van der Waals surface area contributed by atoms with Gasteiger partial charge in [0.1, 0.15) is 6.10 Å². The van der Waals surface area contributed by atoms with Gasteiger partial charge in [0.25, 0.3) is 0 Å². The van der Waals surface area contributed by atoms with E-state index in [0.717, 1.165) is 30.8 Å². The molecule has 0 radical (unpaired) electrons. The van der Waals surface area contributed by atoms with Crippen LogP contribution >= 0.6 is 0 Å². The first-order valence-corrected chi connectivity index (χ1v) is 10.0. The molecule has 0 unspecified atom stereocenters. The van der Waals surface area contributed by atoms with Crippen LogP contribution in [0.4, 0.5) is 0 Å². The first-order valence-electron chi connectivity index (χ1n) is 8.53. The Balaban J connectivity index is 1.71. The Labute approximate surface area is 153 Å². The first-order chi connectivity index (χ1) is 12.4. The smallest absolute Gasteiger partial charge is 0.240 e. The summed E-state index contributed by atoms with van der Waals surface area (Å²) in [4.78, 5) is 2.51. The molecule has 1 aromatic carbocycles. The number of aromatic nitrogens is 2. The average molecular weight is 380 g/mol. The largest absolute Gasteiger partial charge is 0.393 e. The molecule has 0 bridgehead atoms. The van der Waals surface area contributed by atoms with Gasteiger partial charge in [0, 0.05) is 26.2 Å². The molecule has 3 rings (SSSR count). The molecule has 142 valence electrons. The third-order valence-corrected chi connectivity index (χ3v) is 5.97. The highest BCUT2D eigenvalue weighted by molar-refractivity contribution is 7.89. The lowest BCUT2D eigenvalue weighted by molar-refractivity contribution is 0.0916. The number of hydrogen-bond donors (Lipinski definition) is 3. The predicted octanol–water partition coefficient (Wildman–Crippen LogP) is 0.223. The summed E-state index contributed by atoms with van der Waals surface area (Å²) in [5, 5.41) is 23.2. The standard InChI is InChI=1S/C17H24N4O4S/c1-18-26(24,25)15-5-3-13(4-6-15)10-20-7-2-8-21-14(11-20)9-16(19-21)17(23)12-22/h3-6,9,17-18,22-23H,2,7-8,10-12H2,1H3/t17-/m0/s1. The van der Waals surface area contributed by atoms with Crippen LogP contribution in [-0.4, -0.2) is 53.5 Å². The van der Waals surface area contributed by atoms with Gasteiger partial charge in [-0.1, -0.05) is 12.1 Å². The van der Waals surface area contributed by atoms with Crippen molar-refractivity contribution in [2.45, 2.75) is 37.1 Å². The Morgan fingerprint density at radius 1 is 1.27 bits per heavy atom. The number of fused-ring (bicyclic) bond motifs is 1. The summed E-state index contributed by atoms with van der Waals surface area (Å²) in [5.41, 5.74) is 2.52. The highest BCUT2D eigenvalue weighted by Crippen LogP contribution is 2.20. The fourth-order valence-electron chi connectivity index (χ4n) is 3.09. The van der Waals surface area contributed by atoms with E-state index >= 15 is 0 Å².